The molecule has 0 radical (unpaired) electrons. The highest BCUT2D eigenvalue weighted by atomic mass is 35.5. The topological polar surface area (TPSA) is 58.0 Å². The van der Waals surface area contributed by atoms with Gasteiger partial charge in [0.1, 0.15) is 5.15 Å². The summed E-state index contributed by atoms with van der Waals surface area (Å²) in [5.74, 6) is 0. The summed E-state index contributed by atoms with van der Waals surface area (Å²) in [4.78, 5) is 13.6. The summed E-state index contributed by atoms with van der Waals surface area (Å²) < 4.78 is 1.39. The molecule has 0 saturated heterocycles. The van der Waals surface area contributed by atoms with Gasteiger partial charge >= 0.3 is 5.69 Å². The fourth-order valence-corrected chi connectivity index (χ4v) is 1.18. The third kappa shape index (κ3) is 2.90. The van der Waals surface area contributed by atoms with E-state index in [9.17, 15) is 9.90 Å². The molecule has 0 aliphatic carbocycles. The van der Waals surface area contributed by atoms with Crippen molar-refractivity contribution in [3.63, 3.8) is 0 Å². The molecule has 0 bridgehead atoms. The molecule has 74 valence electrons. The highest BCUT2D eigenvalue weighted by Gasteiger charge is 2.13. The van der Waals surface area contributed by atoms with Crippen molar-refractivity contribution in [2.75, 3.05) is 0 Å². The number of rotatable bonds is 3. The minimum atomic E-state index is -0.778. The average molecular weight is 205 g/mol. The van der Waals surface area contributed by atoms with E-state index in [-0.39, 0.29) is 5.69 Å². The number of nitrogens with zero attached hydrogens (tertiary/aromatic N) is 1. The van der Waals surface area contributed by atoms with E-state index in [1.54, 1.807) is 13.8 Å². The van der Waals surface area contributed by atoms with Crippen LogP contribution in [0.25, 0.3) is 0 Å². The zero-order chi connectivity index (χ0) is 10.1. The van der Waals surface area contributed by atoms with Gasteiger partial charge < -0.3 is 10.1 Å². The maximum absolute atomic E-state index is 11.1. The van der Waals surface area contributed by atoms with E-state index in [2.05, 4.69) is 4.98 Å². The first kappa shape index (κ1) is 10.3. The van der Waals surface area contributed by atoms with Crippen LogP contribution < -0.4 is 5.69 Å². The summed E-state index contributed by atoms with van der Waals surface area (Å²) in [5, 5.41) is 9.80. The second kappa shape index (κ2) is 3.55. The Morgan fingerprint density at radius 3 is 2.69 bits per heavy atom. The number of nitrogens with one attached hydrogen (secondary N) is 1. The summed E-state index contributed by atoms with van der Waals surface area (Å²) in [5.41, 5.74) is -1.02. The molecule has 13 heavy (non-hydrogen) atoms. The second-order valence-electron chi connectivity index (χ2n) is 3.63. The van der Waals surface area contributed by atoms with Gasteiger partial charge in [-0.25, -0.2) is 4.79 Å². The normalized spacial score (nSPS) is 12.0. The molecular weight excluding hydrogens is 192 g/mol. The molecule has 4 nitrogen and oxygen atoms in total. The van der Waals surface area contributed by atoms with Gasteiger partial charge in [0.25, 0.3) is 0 Å². The minimum Gasteiger partial charge on any atom is -0.390 e. The van der Waals surface area contributed by atoms with Crippen molar-refractivity contribution in [3.05, 3.63) is 21.8 Å². The number of aromatic nitrogens is 2. The molecular formula is C8H13ClN2O2. The number of imidazole rings is 1. The van der Waals surface area contributed by atoms with E-state index in [1.807, 2.05) is 0 Å². The van der Waals surface area contributed by atoms with E-state index < -0.39 is 5.60 Å². The summed E-state index contributed by atoms with van der Waals surface area (Å²) >= 11 is 5.72. The number of halogens is 1. The van der Waals surface area contributed by atoms with E-state index in [0.29, 0.717) is 18.1 Å². The third-order valence-electron chi connectivity index (χ3n) is 1.76. The molecule has 1 aromatic heterocycles. The molecule has 0 aliphatic heterocycles. The second-order valence-corrected chi connectivity index (χ2v) is 4.02. The SMILES string of the molecule is CC(C)(O)CCn1c(Cl)c[nH]c1=O. The molecule has 0 aromatic carbocycles. The number of hydrogen-bond acceptors (Lipinski definition) is 2. The lowest BCUT2D eigenvalue weighted by Gasteiger charge is -2.16. The average Bonchev–Trinajstić information content (AvgIpc) is 2.27. The van der Waals surface area contributed by atoms with Crippen LogP contribution in [0.4, 0.5) is 0 Å². The number of hydrogen-bond donors (Lipinski definition) is 2. The summed E-state index contributed by atoms with van der Waals surface area (Å²) in [6, 6.07) is 0. The van der Waals surface area contributed by atoms with Gasteiger partial charge in [-0.3, -0.25) is 4.57 Å². The molecule has 0 spiro atoms. The van der Waals surface area contributed by atoms with Crippen LogP contribution in [0.15, 0.2) is 11.0 Å². The Labute approximate surface area is 81.2 Å². The van der Waals surface area contributed by atoms with Gasteiger partial charge in [0.2, 0.25) is 0 Å². The van der Waals surface area contributed by atoms with Crippen LogP contribution in [-0.4, -0.2) is 20.3 Å². The fourth-order valence-electron chi connectivity index (χ4n) is 0.968. The molecule has 0 saturated carbocycles. The molecule has 5 heteroatoms. The molecule has 1 aromatic rings. The zero-order valence-corrected chi connectivity index (χ0v) is 8.43. The van der Waals surface area contributed by atoms with Crippen molar-refractivity contribution in [2.45, 2.75) is 32.4 Å². The maximum Gasteiger partial charge on any atom is 0.326 e. The first-order valence-electron chi connectivity index (χ1n) is 4.06. The Bertz CT molecular complexity index is 335. The van der Waals surface area contributed by atoms with Gasteiger partial charge in [-0.05, 0) is 20.3 Å². The molecule has 0 fully saturated rings. The van der Waals surface area contributed by atoms with Crippen molar-refractivity contribution < 1.29 is 5.11 Å². The maximum atomic E-state index is 11.1. The van der Waals surface area contributed by atoms with E-state index in [4.69, 9.17) is 11.6 Å². The van der Waals surface area contributed by atoms with Crippen molar-refractivity contribution in [3.8, 4) is 0 Å². The van der Waals surface area contributed by atoms with Gasteiger partial charge in [0, 0.05) is 12.7 Å². The Morgan fingerprint density at radius 1 is 1.69 bits per heavy atom. The number of H-pyrrole nitrogens is 1. The van der Waals surface area contributed by atoms with E-state index >= 15 is 0 Å². The Kier molecular flexibility index (Phi) is 2.83. The summed E-state index contributed by atoms with van der Waals surface area (Å²) in [7, 11) is 0. The van der Waals surface area contributed by atoms with Crippen LogP contribution in [-0.2, 0) is 6.54 Å². The lowest BCUT2D eigenvalue weighted by molar-refractivity contribution is 0.0660. The standard InChI is InChI=1S/C8H13ClN2O2/c1-8(2,13)3-4-11-6(9)5-10-7(11)12/h5,13H,3-4H2,1-2H3,(H,10,12). The largest absolute Gasteiger partial charge is 0.390 e. The Balaban J connectivity index is 2.70. The smallest absolute Gasteiger partial charge is 0.326 e. The van der Waals surface area contributed by atoms with Crippen molar-refractivity contribution in [1.82, 2.24) is 9.55 Å². The van der Waals surface area contributed by atoms with Gasteiger partial charge in [0.05, 0.1) is 5.60 Å². The van der Waals surface area contributed by atoms with Crippen LogP contribution >= 0.6 is 11.6 Å². The highest BCUT2D eigenvalue weighted by molar-refractivity contribution is 6.29. The van der Waals surface area contributed by atoms with Crippen molar-refractivity contribution in [1.29, 1.82) is 0 Å². The predicted molar refractivity (Wildman–Crippen MR) is 51.0 cm³/mol. The lowest BCUT2D eigenvalue weighted by atomic mass is 10.1. The first-order valence-corrected chi connectivity index (χ1v) is 4.44. The Hall–Kier alpha value is -0.740. The number of aliphatic hydroxyl groups is 1. The highest BCUT2D eigenvalue weighted by Crippen LogP contribution is 2.11. The van der Waals surface area contributed by atoms with Gasteiger partial charge in [0.15, 0.2) is 0 Å². The van der Waals surface area contributed by atoms with Crippen LogP contribution in [0.2, 0.25) is 5.15 Å². The van der Waals surface area contributed by atoms with Crippen LogP contribution in [0.5, 0.6) is 0 Å². The first-order chi connectivity index (χ1) is 5.90. The van der Waals surface area contributed by atoms with Gasteiger partial charge in [-0.1, -0.05) is 11.6 Å². The zero-order valence-electron chi connectivity index (χ0n) is 7.67. The third-order valence-corrected chi connectivity index (χ3v) is 2.08. The molecule has 0 unspecified atom stereocenters. The number of aromatic amines is 1. The predicted octanol–water partition coefficient (Wildman–Crippen LogP) is 0.991. The molecule has 0 amide bonds. The molecule has 1 heterocycles. The monoisotopic (exact) mass is 204 g/mol. The lowest BCUT2D eigenvalue weighted by Crippen LogP contribution is -2.25. The van der Waals surface area contributed by atoms with E-state index in [1.165, 1.54) is 10.8 Å². The van der Waals surface area contributed by atoms with E-state index in [0.717, 1.165) is 0 Å². The fraction of sp³-hybridized carbons (Fsp3) is 0.625. The molecule has 1 rings (SSSR count). The van der Waals surface area contributed by atoms with Crippen LogP contribution in [0.3, 0.4) is 0 Å². The van der Waals surface area contributed by atoms with Gasteiger partial charge in [-0.15, -0.1) is 0 Å². The quantitative estimate of drug-likeness (QED) is 0.772. The molecule has 0 aliphatic rings. The van der Waals surface area contributed by atoms with Crippen LogP contribution in [0, 0.1) is 0 Å². The minimum absolute atomic E-state index is 0.241. The van der Waals surface area contributed by atoms with Gasteiger partial charge in [-0.2, -0.15) is 0 Å². The Morgan fingerprint density at radius 2 is 2.31 bits per heavy atom. The molecule has 0 atom stereocenters. The molecule has 2 N–H and O–H groups in total. The summed E-state index contributed by atoms with van der Waals surface area (Å²) in [6.07, 6.45) is 1.93. The summed E-state index contributed by atoms with van der Waals surface area (Å²) in [6.45, 7) is 3.81. The van der Waals surface area contributed by atoms with Crippen LogP contribution in [0.1, 0.15) is 20.3 Å². The van der Waals surface area contributed by atoms with Crippen molar-refractivity contribution >= 4 is 11.6 Å². The van der Waals surface area contributed by atoms with Crippen molar-refractivity contribution in [2.24, 2.45) is 0 Å².